The molecule has 0 heterocycles. The maximum Gasteiger partial charge on any atom is 0.244 e. The zero-order chi connectivity index (χ0) is 10.9. The quantitative estimate of drug-likeness (QED) is 0.435. The molecule has 0 radical (unpaired) electrons. The molecule has 4 heteroatoms. The maximum atomic E-state index is 11.7. The molecule has 1 fully saturated rings. The molecule has 4 nitrogen and oxygen atoms in total. The van der Waals surface area contributed by atoms with Gasteiger partial charge >= 0.3 is 0 Å². The van der Waals surface area contributed by atoms with Crippen molar-refractivity contribution in [2.75, 3.05) is 7.11 Å². The van der Waals surface area contributed by atoms with E-state index in [2.05, 4.69) is 5.43 Å². The minimum absolute atomic E-state index is 0.132. The lowest BCUT2D eigenvalue weighted by Gasteiger charge is -2.16. The number of ether oxygens (including phenoxy) is 1. The second-order valence-corrected chi connectivity index (χ2v) is 3.76. The van der Waals surface area contributed by atoms with E-state index in [1.54, 1.807) is 7.11 Å². The van der Waals surface area contributed by atoms with Gasteiger partial charge in [0.15, 0.2) is 0 Å². The van der Waals surface area contributed by atoms with Crippen LogP contribution in [0.2, 0.25) is 0 Å². The van der Waals surface area contributed by atoms with Crippen molar-refractivity contribution < 1.29 is 9.53 Å². The van der Waals surface area contributed by atoms with Crippen molar-refractivity contribution in [3.8, 4) is 5.75 Å². The molecule has 3 N–H and O–H groups in total. The average Bonchev–Trinajstić information content (AvgIpc) is 3.09. The summed E-state index contributed by atoms with van der Waals surface area (Å²) in [5, 5.41) is 0. The Morgan fingerprint density at radius 2 is 2.13 bits per heavy atom. The lowest BCUT2D eigenvalue weighted by molar-refractivity contribution is -0.123. The van der Waals surface area contributed by atoms with Crippen molar-refractivity contribution in [3.63, 3.8) is 0 Å². The first-order valence-corrected chi connectivity index (χ1v) is 4.89. The Balaban J connectivity index is 2.41. The Labute approximate surface area is 88.4 Å². The number of para-hydroxylation sites is 1. The minimum Gasteiger partial charge on any atom is -0.496 e. The van der Waals surface area contributed by atoms with Gasteiger partial charge in [-0.05, 0) is 18.9 Å². The third-order valence-electron chi connectivity index (χ3n) is 2.94. The van der Waals surface area contributed by atoms with Crippen LogP contribution >= 0.6 is 0 Å². The van der Waals surface area contributed by atoms with Crippen LogP contribution in [0.1, 0.15) is 18.4 Å². The number of carbonyl (C=O) groups is 1. The third kappa shape index (κ3) is 1.47. The summed E-state index contributed by atoms with van der Waals surface area (Å²) in [6.07, 6.45) is 1.66. The molecule has 15 heavy (non-hydrogen) atoms. The number of methoxy groups -OCH3 is 1. The summed E-state index contributed by atoms with van der Waals surface area (Å²) in [5.41, 5.74) is 2.69. The maximum absolute atomic E-state index is 11.7. The monoisotopic (exact) mass is 206 g/mol. The summed E-state index contributed by atoms with van der Waals surface area (Å²) in [4.78, 5) is 11.7. The number of hydrazine groups is 1. The van der Waals surface area contributed by atoms with E-state index in [9.17, 15) is 4.79 Å². The normalized spacial score (nSPS) is 16.9. The van der Waals surface area contributed by atoms with Gasteiger partial charge in [-0.3, -0.25) is 10.2 Å². The highest BCUT2D eigenvalue weighted by molar-refractivity contribution is 5.91. The molecular formula is C11H14N2O2. The molecule has 0 unspecified atom stereocenters. The van der Waals surface area contributed by atoms with Crippen LogP contribution in [-0.4, -0.2) is 13.0 Å². The first-order chi connectivity index (χ1) is 7.24. The highest BCUT2D eigenvalue weighted by Gasteiger charge is 2.52. The molecule has 0 bridgehead atoms. The smallest absolute Gasteiger partial charge is 0.244 e. The molecule has 1 saturated carbocycles. The van der Waals surface area contributed by atoms with Gasteiger partial charge in [-0.2, -0.15) is 0 Å². The molecule has 0 aromatic heterocycles. The molecule has 2 rings (SSSR count). The van der Waals surface area contributed by atoms with Gasteiger partial charge in [-0.1, -0.05) is 18.2 Å². The highest BCUT2D eigenvalue weighted by atomic mass is 16.5. The predicted octanol–water partition coefficient (Wildman–Crippen LogP) is 0.717. The van der Waals surface area contributed by atoms with Gasteiger partial charge in [0.05, 0.1) is 12.5 Å². The minimum atomic E-state index is -0.457. The van der Waals surface area contributed by atoms with E-state index >= 15 is 0 Å². The summed E-state index contributed by atoms with van der Waals surface area (Å²) in [7, 11) is 1.61. The van der Waals surface area contributed by atoms with Crippen LogP contribution in [-0.2, 0) is 10.2 Å². The Hall–Kier alpha value is -1.55. The van der Waals surface area contributed by atoms with Crippen LogP contribution in [0.5, 0.6) is 5.75 Å². The first-order valence-electron chi connectivity index (χ1n) is 4.89. The number of carbonyl (C=O) groups excluding carboxylic acids is 1. The van der Waals surface area contributed by atoms with Crippen molar-refractivity contribution >= 4 is 5.91 Å². The molecular weight excluding hydrogens is 192 g/mol. The molecule has 80 valence electrons. The topological polar surface area (TPSA) is 64.3 Å². The summed E-state index contributed by atoms with van der Waals surface area (Å²) < 4.78 is 5.25. The summed E-state index contributed by atoms with van der Waals surface area (Å²) in [5.74, 6) is 5.80. The Kier molecular flexibility index (Phi) is 2.36. The van der Waals surface area contributed by atoms with Gasteiger partial charge in [0.2, 0.25) is 5.91 Å². The number of benzene rings is 1. The third-order valence-corrected chi connectivity index (χ3v) is 2.94. The van der Waals surface area contributed by atoms with Gasteiger partial charge in [-0.25, -0.2) is 5.84 Å². The Morgan fingerprint density at radius 3 is 2.67 bits per heavy atom. The second-order valence-electron chi connectivity index (χ2n) is 3.76. The Morgan fingerprint density at radius 1 is 1.47 bits per heavy atom. The molecule has 1 amide bonds. The largest absolute Gasteiger partial charge is 0.496 e. The van der Waals surface area contributed by atoms with E-state index in [-0.39, 0.29) is 5.91 Å². The molecule has 0 aliphatic heterocycles. The van der Waals surface area contributed by atoms with Gasteiger partial charge < -0.3 is 4.74 Å². The van der Waals surface area contributed by atoms with Crippen LogP contribution in [0, 0.1) is 0 Å². The fourth-order valence-corrected chi connectivity index (χ4v) is 1.92. The van der Waals surface area contributed by atoms with Gasteiger partial charge in [0, 0.05) is 5.56 Å². The van der Waals surface area contributed by atoms with E-state index in [1.165, 1.54) is 0 Å². The molecule has 1 aromatic rings. The lowest BCUT2D eigenvalue weighted by atomic mass is 9.94. The first kappa shape index (κ1) is 9.98. The van der Waals surface area contributed by atoms with Crippen molar-refractivity contribution in [3.05, 3.63) is 29.8 Å². The van der Waals surface area contributed by atoms with Crippen LogP contribution in [0.25, 0.3) is 0 Å². The average molecular weight is 206 g/mol. The number of rotatable bonds is 3. The van der Waals surface area contributed by atoms with E-state index < -0.39 is 5.41 Å². The Bertz CT molecular complexity index is 386. The van der Waals surface area contributed by atoms with Gasteiger partial charge in [0.25, 0.3) is 0 Å². The summed E-state index contributed by atoms with van der Waals surface area (Å²) in [6.45, 7) is 0. The van der Waals surface area contributed by atoms with Crippen molar-refractivity contribution in [2.45, 2.75) is 18.3 Å². The van der Waals surface area contributed by atoms with Crippen LogP contribution in [0.4, 0.5) is 0 Å². The summed E-state index contributed by atoms with van der Waals surface area (Å²) >= 11 is 0. The number of hydrogen-bond acceptors (Lipinski definition) is 3. The molecule has 1 aliphatic carbocycles. The number of hydrogen-bond donors (Lipinski definition) is 2. The van der Waals surface area contributed by atoms with E-state index in [1.807, 2.05) is 24.3 Å². The molecule has 0 saturated heterocycles. The SMILES string of the molecule is COc1ccccc1C1(C(=O)NN)CC1. The van der Waals surface area contributed by atoms with Crippen molar-refractivity contribution in [1.82, 2.24) is 5.43 Å². The van der Waals surface area contributed by atoms with E-state index in [4.69, 9.17) is 10.6 Å². The fourth-order valence-electron chi connectivity index (χ4n) is 1.92. The standard InChI is InChI=1S/C11H14N2O2/c1-15-9-5-3-2-4-8(9)11(6-7-11)10(14)13-12/h2-5H,6-7,12H2,1H3,(H,13,14). The van der Waals surface area contributed by atoms with Crippen molar-refractivity contribution in [1.29, 1.82) is 0 Å². The molecule has 0 spiro atoms. The van der Waals surface area contributed by atoms with E-state index in [0.29, 0.717) is 0 Å². The van der Waals surface area contributed by atoms with Crippen LogP contribution in [0.3, 0.4) is 0 Å². The molecule has 1 aromatic carbocycles. The predicted molar refractivity (Wildman–Crippen MR) is 56.2 cm³/mol. The molecule has 1 aliphatic rings. The van der Waals surface area contributed by atoms with E-state index in [0.717, 1.165) is 24.2 Å². The highest BCUT2D eigenvalue weighted by Crippen LogP contribution is 2.51. The lowest BCUT2D eigenvalue weighted by Crippen LogP contribution is -2.39. The fraction of sp³-hybridized carbons (Fsp3) is 0.364. The second kappa shape index (κ2) is 3.55. The molecule has 0 atom stereocenters. The number of amides is 1. The summed E-state index contributed by atoms with van der Waals surface area (Å²) in [6, 6.07) is 7.57. The number of nitrogens with one attached hydrogen (secondary N) is 1. The van der Waals surface area contributed by atoms with Gasteiger partial charge in [-0.15, -0.1) is 0 Å². The zero-order valence-electron chi connectivity index (χ0n) is 8.62. The van der Waals surface area contributed by atoms with Crippen molar-refractivity contribution in [2.24, 2.45) is 5.84 Å². The number of nitrogens with two attached hydrogens (primary N) is 1. The van der Waals surface area contributed by atoms with Crippen LogP contribution < -0.4 is 16.0 Å². The van der Waals surface area contributed by atoms with Crippen LogP contribution in [0.15, 0.2) is 24.3 Å². The zero-order valence-corrected chi connectivity index (χ0v) is 8.62. The van der Waals surface area contributed by atoms with Gasteiger partial charge in [0.1, 0.15) is 5.75 Å².